The molecule has 0 unspecified atom stereocenters. The van der Waals surface area contributed by atoms with Crippen molar-refractivity contribution in [1.29, 1.82) is 0 Å². The maximum atomic E-state index is 13.0. The number of nitrogens with one attached hydrogen (secondary N) is 1. The highest BCUT2D eigenvalue weighted by Crippen LogP contribution is 2.30. The van der Waals surface area contributed by atoms with Crippen LogP contribution in [0.4, 0.5) is 13.2 Å². The predicted octanol–water partition coefficient (Wildman–Crippen LogP) is 2.51. The average Bonchev–Trinajstić information content (AvgIpc) is 2.75. The van der Waals surface area contributed by atoms with E-state index in [4.69, 9.17) is 4.74 Å². The zero-order valence-corrected chi connectivity index (χ0v) is 18.7. The van der Waals surface area contributed by atoms with Crippen molar-refractivity contribution in [3.63, 3.8) is 0 Å². The lowest BCUT2D eigenvalue weighted by Gasteiger charge is -2.44. The van der Waals surface area contributed by atoms with Gasteiger partial charge in [-0.2, -0.15) is 13.2 Å². The topological polar surface area (TPSA) is 43.3 Å². The van der Waals surface area contributed by atoms with E-state index in [1.807, 2.05) is 0 Å². The molecule has 0 amide bonds. The fourth-order valence-corrected chi connectivity index (χ4v) is 4.33. The van der Waals surface area contributed by atoms with Gasteiger partial charge in [0.2, 0.25) is 0 Å². The van der Waals surface area contributed by atoms with Crippen molar-refractivity contribution in [3.8, 4) is 0 Å². The first-order chi connectivity index (χ1) is 14.7. The number of aliphatic imine (C=N–C) groups is 1. The lowest BCUT2D eigenvalue weighted by Crippen LogP contribution is -2.59. The number of ether oxygens (including phenoxy) is 1. The Morgan fingerprint density at radius 2 is 1.84 bits per heavy atom. The summed E-state index contributed by atoms with van der Waals surface area (Å²) in [7, 11) is 6.02. The van der Waals surface area contributed by atoms with Crippen LogP contribution >= 0.6 is 0 Å². The third kappa shape index (κ3) is 6.11. The van der Waals surface area contributed by atoms with Crippen molar-refractivity contribution >= 4 is 5.96 Å². The molecule has 31 heavy (non-hydrogen) atoms. The molecule has 0 spiro atoms. The predicted molar refractivity (Wildman–Crippen MR) is 116 cm³/mol. The molecule has 3 rings (SSSR count). The minimum atomic E-state index is -4.30. The molecule has 0 bridgehead atoms. The van der Waals surface area contributed by atoms with Gasteiger partial charge in [-0.3, -0.25) is 9.89 Å². The summed E-state index contributed by atoms with van der Waals surface area (Å²) in [6.45, 7) is 6.01. The maximum Gasteiger partial charge on any atom is 0.416 e. The number of halogens is 3. The second kappa shape index (κ2) is 10.2. The Kier molecular flexibility index (Phi) is 7.82. The number of likely N-dealkylation sites (N-methyl/N-ethyl adjacent to an activating group) is 1. The summed E-state index contributed by atoms with van der Waals surface area (Å²) < 4.78 is 44.4. The Hall–Kier alpha value is -1.84. The van der Waals surface area contributed by atoms with Crippen LogP contribution in [0.25, 0.3) is 0 Å². The molecule has 2 saturated heterocycles. The van der Waals surface area contributed by atoms with Gasteiger partial charge < -0.3 is 19.9 Å². The minimum absolute atomic E-state index is 0.0551. The summed E-state index contributed by atoms with van der Waals surface area (Å²) in [5.41, 5.74) is 0.161. The Balaban J connectivity index is 1.52. The van der Waals surface area contributed by atoms with Crippen molar-refractivity contribution in [1.82, 2.24) is 20.0 Å². The van der Waals surface area contributed by atoms with Gasteiger partial charge >= 0.3 is 6.18 Å². The molecule has 0 aromatic heterocycles. The molecule has 0 atom stereocenters. The van der Waals surface area contributed by atoms with Gasteiger partial charge in [-0.15, -0.1) is 0 Å². The molecule has 1 aromatic rings. The van der Waals surface area contributed by atoms with E-state index in [1.165, 1.54) is 12.1 Å². The molecular weight excluding hydrogens is 407 g/mol. The monoisotopic (exact) mass is 441 g/mol. The highest BCUT2D eigenvalue weighted by atomic mass is 19.4. The van der Waals surface area contributed by atoms with Crippen molar-refractivity contribution in [3.05, 3.63) is 35.4 Å². The number of nitrogens with zero attached hydrogens (tertiary/aromatic N) is 4. The fraction of sp³-hybridized carbons (Fsp3) is 0.682. The average molecular weight is 442 g/mol. The van der Waals surface area contributed by atoms with Crippen LogP contribution in [-0.4, -0.2) is 93.3 Å². The molecule has 2 aliphatic heterocycles. The number of piperazine rings is 1. The van der Waals surface area contributed by atoms with Crippen molar-refractivity contribution in [2.75, 3.05) is 67.1 Å². The molecule has 2 aliphatic rings. The highest BCUT2D eigenvalue weighted by Gasteiger charge is 2.35. The van der Waals surface area contributed by atoms with E-state index in [-0.39, 0.29) is 5.54 Å². The standard InChI is InChI=1S/C22H34F3N5O/c1-26-20(27-17-21(28(2)3)7-13-31-14-8-21)30-11-9-29(10-12-30)16-18-5-4-6-19(15-18)22(23,24)25/h4-6,15H,7-14,16-17H2,1-3H3,(H,26,27). The third-order valence-corrected chi connectivity index (χ3v) is 6.49. The second-order valence-corrected chi connectivity index (χ2v) is 8.59. The van der Waals surface area contributed by atoms with Crippen molar-refractivity contribution in [2.45, 2.75) is 31.1 Å². The van der Waals surface area contributed by atoms with Crippen LogP contribution in [0, 0.1) is 0 Å². The summed E-state index contributed by atoms with van der Waals surface area (Å²) in [6, 6.07) is 5.62. The van der Waals surface area contributed by atoms with E-state index < -0.39 is 11.7 Å². The number of guanidine groups is 1. The summed E-state index contributed by atoms with van der Waals surface area (Å²) in [5.74, 6) is 0.881. The normalized spacial score (nSPS) is 20.9. The zero-order chi connectivity index (χ0) is 22.5. The van der Waals surface area contributed by atoms with Crippen LogP contribution < -0.4 is 5.32 Å². The van der Waals surface area contributed by atoms with Crippen molar-refractivity contribution in [2.24, 2.45) is 4.99 Å². The summed E-state index contributed by atoms with van der Waals surface area (Å²) in [6.07, 6.45) is -2.34. The van der Waals surface area contributed by atoms with E-state index in [1.54, 1.807) is 13.1 Å². The second-order valence-electron chi connectivity index (χ2n) is 8.59. The molecule has 174 valence electrons. The first kappa shape index (κ1) is 23.8. The van der Waals surface area contributed by atoms with Crippen molar-refractivity contribution < 1.29 is 17.9 Å². The lowest BCUT2D eigenvalue weighted by molar-refractivity contribution is -0.137. The van der Waals surface area contributed by atoms with Crippen LogP contribution in [0.3, 0.4) is 0 Å². The first-order valence-electron chi connectivity index (χ1n) is 10.8. The molecule has 1 aromatic carbocycles. The molecule has 6 nitrogen and oxygen atoms in total. The molecule has 9 heteroatoms. The highest BCUT2D eigenvalue weighted by molar-refractivity contribution is 5.80. The maximum absolute atomic E-state index is 13.0. The zero-order valence-electron chi connectivity index (χ0n) is 18.7. The number of alkyl halides is 3. The van der Waals surface area contributed by atoms with Crippen LogP contribution in [0.1, 0.15) is 24.0 Å². The molecular formula is C22H34F3N5O. The van der Waals surface area contributed by atoms with Gasteiger partial charge in [0.05, 0.1) is 5.56 Å². The van der Waals surface area contributed by atoms with Crippen LogP contribution in [0.2, 0.25) is 0 Å². The lowest BCUT2D eigenvalue weighted by atomic mass is 9.88. The van der Waals surface area contributed by atoms with Gasteiger partial charge in [0.15, 0.2) is 5.96 Å². The van der Waals surface area contributed by atoms with Gasteiger partial charge in [0.25, 0.3) is 0 Å². The van der Waals surface area contributed by atoms with E-state index in [9.17, 15) is 13.2 Å². The summed E-state index contributed by atoms with van der Waals surface area (Å²) in [5, 5.41) is 3.55. The Morgan fingerprint density at radius 1 is 1.16 bits per heavy atom. The van der Waals surface area contributed by atoms with E-state index in [2.05, 4.69) is 39.1 Å². The van der Waals surface area contributed by atoms with E-state index >= 15 is 0 Å². The minimum Gasteiger partial charge on any atom is -0.381 e. The molecule has 1 N–H and O–H groups in total. The van der Waals surface area contributed by atoms with Crippen LogP contribution in [-0.2, 0) is 17.5 Å². The SMILES string of the molecule is CN=C(NCC1(N(C)C)CCOCC1)N1CCN(Cc2cccc(C(F)(F)F)c2)CC1. The van der Waals surface area contributed by atoms with Gasteiger partial charge in [-0.05, 0) is 38.6 Å². The molecule has 2 fully saturated rings. The Morgan fingerprint density at radius 3 is 2.42 bits per heavy atom. The number of benzene rings is 1. The number of hydrogen-bond donors (Lipinski definition) is 1. The first-order valence-corrected chi connectivity index (χ1v) is 10.8. The quantitative estimate of drug-likeness (QED) is 0.562. The Labute approximate surface area is 183 Å². The van der Waals surface area contributed by atoms with Gasteiger partial charge in [0.1, 0.15) is 0 Å². The number of rotatable bonds is 5. The van der Waals surface area contributed by atoms with Gasteiger partial charge in [-0.25, -0.2) is 0 Å². The number of hydrogen-bond acceptors (Lipinski definition) is 4. The molecule has 0 aliphatic carbocycles. The molecule has 2 heterocycles. The summed E-state index contributed by atoms with van der Waals surface area (Å²) in [4.78, 5) is 11.2. The Bertz CT molecular complexity index is 739. The summed E-state index contributed by atoms with van der Waals surface area (Å²) >= 11 is 0. The van der Waals surface area contributed by atoms with Crippen LogP contribution in [0.5, 0.6) is 0 Å². The molecule has 0 radical (unpaired) electrons. The smallest absolute Gasteiger partial charge is 0.381 e. The van der Waals surface area contributed by atoms with Gasteiger partial charge in [0, 0.05) is 65.1 Å². The van der Waals surface area contributed by atoms with Gasteiger partial charge in [-0.1, -0.05) is 18.2 Å². The van der Waals surface area contributed by atoms with E-state index in [0.717, 1.165) is 70.8 Å². The largest absolute Gasteiger partial charge is 0.416 e. The van der Waals surface area contributed by atoms with E-state index in [0.29, 0.717) is 12.1 Å². The third-order valence-electron chi connectivity index (χ3n) is 6.49. The fourth-order valence-electron chi connectivity index (χ4n) is 4.33. The molecule has 0 saturated carbocycles. The van der Waals surface area contributed by atoms with Crippen LogP contribution in [0.15, 0.2) is 29.3 Å².